The summed E-state index contributed by atoms with van der Waals surface area (Å²) in [6.07, 6.45) is 1.55. The van der Waals surface area contributed by atoms with Gasteiger partial charge in [0.1, 0.15) is 12.1 Å². The average Bonchev–Trinajstić information content (AvgIpc) is 2.77. The molecule has 0 saturated carbocycles. The number of ether oxygens (including phenoxy) is 1. The molecular formula is C10H14N4OS. The molecule has 0 saturated heterocycles. The largest absolute Gasteiger partial charge is 0.383 e. The molecule has 6 heteroatoms. The van der Waals surface area contributed by atoms with Crippen LogP contribution in [0.25, 0.3) is 10.2 Å². The Labute approximate surface area is 97.7 Å². The van der Waals surface area contributed by atoms with Gasteiger partial charge in [0.25, 0.3) is 0 Å². The normalized spacial score (nSPS) is 12.9. The second-order valence-electron chi connectivity index (χ2n) is 3.39. The van der Waals surface area contributed by atoms with Crippen molar-refractivity contribution in [1.82, 2.24) is 9.97 Å². The van der Waals surface area contributed by atoms with Crippen LogP contribution in [0.3, 0.4) is 0 Å². The van der Waals surface area contributed by atoms with Crippen LogP contribution < -0.4 is 11.1 Å². The maximum Gasteiger partial charge on any atom is 0.147 e. The first kappa shape index (κ1) is 11.3. The lowest BCUT2D eigenvalue weighted by Crippen LogP contribution is -2.33. The lowest BCUT2D eigenvalue weighted by Gasteiger charge is -2.16. The monoisotopic (exact) mass is 238 g/mol. The third kappa shape index (κ3) is 2.29. The van der Waals surface area contributed by atoms with E-state index >= 15 is 0 Å². The molecular weight excluding hydrogens is 224 g/mol. The molecule has 86 valence electrons. The van der Waals surface area contributed by atoms with Crippen molar-refractivity contribution < 1.29 is 4.74 Å². The highest BCUT2D eigenvalue weighted by atomic mass is 32.1. The van der Waals surface area contributed by atoms with Crippen molar-refractivity contribution in [2.75, 3.05) is 25.6 Å². The summed E-state index contributed by atoms with van der Waals surface area (Å²) in [5, 5.41) is 5.27. The summed E-state index contributed by atoms with van der Waals surface area (Å²) in [4.78, 5) is 8.40. The van der Waals surface area contributed by atoms with Gasteiger partial charge in [-0.05, 0) is 11.4 Å². The number of nitrogens with zero attached hydrogens (tertiary/aromatic N) is 2. The molecule has 0 aliphatic carbocycles. The highest BCUT2D eigenvalue weighted by molar-refractivity contribution is 7.17. The van der Waals surface area contributed by atoms with Crippen LogP contribution in [-0.4, -0.2) is 36.3 Å². The zero-order valence-electron chi connectivity index (χ0n) is 9.01. The minimum Gasteiger partial charge on any atom is -0.383 e. The van der Waals surface area contributed by atoms with Crippen LogP contribution in [0.5, 0.6) is 0 Å². The maximum absolute atomic E-state index is 5.64. The number of hydrogen-bond donors (Lipinski definition) is 2. The van der Waals surface area contributed by atoms with E-state index in [1.807, 2.05) is 11.4 Å². The van der Waals surface area contributed by atoms with E-state index in [9.17, 15) is 0 Å². The van der Waals surface area contributed by atoms with Crippen molar-refractivity contribution in [3.63, 3.8) is 0 Å². The summed E-state index contributed by atoms with van der Waals surface area (Å²) >= 11 is 1.62. The molecule has 0 amide bonds. The van der Waals surface area contributed by atoms with Gasteiger partial charge in [0.2, 0.25) is 0 Å². The van der Waals surface area contributed by atoms with Gasteiger partial charge in [-0.1, -0.05) is 0 Å². The first-order valence-electron chi connectivity index (χ1n) is 4.99. The zero-order valence-corrected chi connectivity index (χ0v) is 9.83. The molecule has 5 nitrogen and oxygen atoms in total. The lowest BCUT2D eigenvalue weighted by atomic mass is 10.3. The summed E-state index contributed by atoms with van der Waals surface area (Å²) in [6, 6.07) is 2.05. The number of hydrogen-bond acceptors (Lipinski definition) is 6. The predicted molar refractivity (Wildman–Crippen MR) is 65.8 cm³/mol. The second kappa shape index (κ2) is 5.20. The Hall–Kier alpha value is -1.24. The summed E-state index contributed by atoms with van der Waals surface area (Å²) in [6.45, 7) is 1.07. The Morgan fingerprint density at radius 1 is 1.56 bits per heavy atom. The highest BCUT2D eigenvalue weighted by Gasteiger charge is 2.10. The number of fused-ring (bicyclic) bond motifs is 1. The fourth-order valence-corrected chi connectivity index (χ4v) is 2.25. The molecule has 0 aliphatic rings. The van der Waals surface area contributed by atoms with Crippen LogP contribution in [0.15, 0.2) is 17.8 Å². The summed E-state index contributed by atoms with van der Waals surface area (Å²) in [5.74, 6) is 0.826. The Morgan fingerprint density at radius 2 is 2.44 bits per heavy atom. The molecule has 2 aromatic heterocycles. The standard InChI is InChI=1S/C10H14N4OS/c1-15-5-7(4-11)14-10-9-8(2-3-16-9)12-6-13-10/h2-3,6-7H,4-5,11H2,1H3,(H,12,13,14). The molecule has 2 rings (SSSR count). The molecule has 0 fully saturated rings. The van der Waals surface area contributed by atoms with E-state index in [0.29, 0.717) is 13.2 Å². The smallest absolute Gasteiger partial charge is 0.147 e. The Bertz CT molecular complexity index is 459. The third-order valence-electron chi connectivity index (χ3n) is 2.24. The topological polar surface area (TPSA) is 73.1 Å². The van der Waals surface area contributed by atoms with Crippen LogP contribution in [0.4, 0.5) is 5.82 Å². The maximum atomic E-state index is 5.64. The molecule has 2 heterocycles. The number of thiophene rings is 1. The Kier molecular flexibility index (Phi) is 3.66. The van der Waals surface area contributed by atoms with E-state index in [0.717, 1.165) is 16.0 Å². The molecule has 0 aromatic carbocycles. The molecule has 2 aromatic rings. The molecule has 0 bridgehead atoms. The number of aromatic nitrogens is 2. The first-order chi connectivity index (χ1) is 7.85. The van der Waals surface area contributed by atoms with Gasteiger partial charge in [-0.15, -0.1) is 11.3 Å². The average molecular weight is 238 g/mol. The van der Waals surface area contributed by atoms with Gasteiger partial charge in [0, 0.05) is 13.7 Å². The van der Waals surface area contributed by atoms with Crippen LogP contribution in [0.1, 0.15) is 0 Å². The molecule has 0 aliphatic heterocycles. The van der Waals surface area contributed by atoms with E-state index < -0.39 is 0 Å². The summed E-state index contributed by atoms with van der Waals surface area (Å²) in [7, 11) is 1.66. The van der Waals surface area contributed by atoms with Crippen molar-refractivity contribution in [2.45, 2.75) is 6.04 Å². The molecule has 0 spiro atoms. The van der Waals surface area contributed by atoms with Gasteiger partial charge < -0.3 is 15.8 Å². The lowest BCUT2D eigenvalue weighted by molar-refractivity contribution is 0.187. The van der Waals surface area contributed by atoms with Crippen LogP contribution >= 0.6 is 11.3 Å². The first-order valence-corrected chi connectivity index (χ1v) is 5.87. The van der Waals surface area contributed by atoms with E-state index in [1.54, 1.807) is 24.8 Å². The summed E-state index contributed by atoms with van der Waals surface area (Å²) in [5.41, 5.74) is 6.60. The number of nitrogens with two attached hydrogens (primary N) is 1. The Morgan fingerprint density at radius 3 is 3.19 bits per heavy atom. The van der Waals surface area contributed by atoms with E-state index in [2.05, 4.69) is 15.3 Å². The number of nitrogens with one attached hydrogen (secondary N) is 1. The van der Waals surface area contributed by atoms with Gasteiger partial charge in [0.15, 0.2) is 0 Å². The SMILES string of the molecule is COCC(CN)Nc1ncnc2ccsc12. The van der Waals surface area contributed by atoms with Crippen molar-refractivity contribution in [3.8, 4) is 0 Å². The van der Waals surface area contributed by atoms with Gasteiger partial charge >= 0.3 is 0 Å². The van der Waals surface area contributed by atoms with Gasteiger partial charge in [-0.3, -0.25) is 0 Å². The van der Waals surface area contributed by atoms with Crippen molar-refractivity contribution in [3.05, 3.63) is 17.8 Å². The second-order valence-corrected chi connectivity index (χ2v) is 4.31. The number of rotatable bonds is 5. The van der Waals surface area contributed by atoms with Gasteiger partial charge in [0.05, 0.1) is 22.9 Å². The summed E-state index contributed by atoms with van der Waals surface area (Å²) < 4.78 is 6.13. The molecule has 3 N–H and O–H groups in total. The van der Waals surface area contributed by atoms with Gasteiger partial charge in [-0.2, -0.15) is 0 Å². The van der Waals surface area contributed by atoms with Crippen molar-refractivity contribution in [2.24, 2.45) is 5.73 Å². The fraction of sp³-hybridized carbons (Fsp3) is 0.400. The highest BCUT2D eigenvalue weighted by Crippen LogP contribution is 2.25. The predicted octanol–water partition coefficient (Wildman–Crippen LogP) is 1.08. The van der Waals surface area contributed by atoms with Crippen LogP contribution in [0, 0.1) is 0 Å². The van der Waals surface area contributed by atoms with Crippen molar-refractivity contribution >= 4 is 27.4 Å². The molecule has 0 radical (unpaired) electrons. The van der Waals surface area contributed by atoms with Crippen LogP contribution in [0.2, 0.25) is 0 Å². The quantitative estimate of drug-likeness (QED) is 0.815. The van der Waals surface area contributed by atoms with E-state index in [4.69, 9.17) is 10.5 Å². The molecule has 16 heavy (non-hydrogen) atoms. The number of anilines is 1. The van der Waals surface area contributed by atoms with Crippen LogP contribution in [-0.2, 0) is 4.74 Å². The molecule has 1 unspecified atom stereocenters. The zero-order chi connectivity index (χ0) is 11.4. The Balaban J connectivity index is 2.22. The fourth-order valence-electron chi connectivity index (χ4n) is 1.45. The number of methoxy groups -OCH3 is 1. The minimum absolute atomic E-state index is 0.0743. The molecule has 1 atom stereocenters. The third-order valence-corrected chi connectivity index (χ3v) is 3.15. The van der Waals surface area contributed by atoms with E-state index in [1.165, 1.54) is 0 Å². The van der Waals surface area contributed by atoms with E-state index in [-0.39, 0.29) is 6.04 Å². The minimum atomic E-state index is 0.0743. The van der Waals surface area contributed by atoms with Crippen molar-refractivity contribution in [1.29, 1.82) is 0 Å². The van der Waals surface area contributed by atoms with Gasteiger partial charge in [-0.25, -0.2) is 9.97 Å².